The van der Waals surface area contributed by atoms with Gasteiger partial charge in [-0.15, -0.1) is 0 Å². The van der Waals surface area contributed by atoms with E-state index in [1.165, 1.54) is 41.9 Å². The first kappa shape index (κ1) is 23.1. The van der Waals surface area contributed by atoms with Crippen LogP contribution in [0.5, 0.6) is 5.75 Å². The van der Waals surface area contributed by atoms with E-state index in [-0.39, 0.29) is 48.3 Å². The largest absolute Gasteiger partial charge is 0.496 e. The van der Waals surface area contributed by atoms with Crippen LogP contribution >= 0.6 is 0 Å². The zero-order valence-electron chi connectivity index (χ0n) is 16.6. The number of carbonyl (C=O) groups excluding carboxylic acids is 1. The molecule has 1 aromatic carbocycles. The van der Waals surface area contributed by atoms with Gasteiger partial charge in [-0.05, 0) is 30.3 Å². The van der Waals surface area contributed by atoms with Crippen LogP contribution in [0.2, 0.25) is 0 Å². The van der Waals surface area contributed by atoms with Crippen LogP contribution in [0.3, 0.4) is 0 Å². The first-order chi connectivity index (χ1) is 14.6. The van der Waals surface area contributed by atoms with Gasteiger partial charge in [0.1, 0.15) is 18.1 Å². The van der Waals surface area contributed by atoms with E-state index in [2.05, 4.69) is 0 Å². The van der Waals surface area contributed by atoms with Crippen molar-refractivity contribution in [2.75, 3.05) is 40.0 Å². The van der Waals surface area contributed by atoms with Crippen LogP contribution in [-0.2, 0) is 21.3 Å². The number of methoxy groups -OCH3 is 1. The van der Waals surface area contributed by atoms with E-state index < -0.39 is 35.2 Å². The molecule has 31 heavy (non-hydrogen) atoms. The molecule has 1 aliphatic heterocycles. The van der Waals surface area contributed by atoms with Crippen molar-refractivity contribution in [2.45, 2.75) is 17.6 Å². The highest BCUT2D eigenvalue weighted by Gasteiger charge is 2.35. The predicted octanol–water partition coefficient (Wildman–Crippen LogP) is 2.51. The lowest BCUT2D eigenvalue weighted by atomic mass is 10.1. The van der Waals surface area contributed by atoms with Crippen LogP contribution in [-0.4, -0.2) is 69.7 Å². The van der Waals surface area contributed by atoms with Crippen molar-refractivity contribution in [2.24, 2.45) is 0 Å². The third kappa shape index (κ3) is 5.57. The Bertz CT molecular complexity index is 1000. The van der Waals surface area contributed by atoms with E-state index in [0.717, 1.165) is 6.07 Å². The summed E-state index contributed by atoms with van der Waals surface area (Å²) in [5, 5.41) is 0. The summed E-state index contributed by atoms with van der Waals surface area (Å²) in [6.07, 6.45) is -3.39. The minimum absolute atomic E-state index is 0.0439. The van der Waals surface area contributed by atoms with Crippen molar-refractivity contribution in [1.82, 2.24) is 9.21 Å². The molecule has 0 spiro atoms. The van der Waals surface area contributed by atoms with E-state index in [9.17, 15) is 26.4 Å². The van der Waals surface area contributed by atoms with Crippen molar-refractivity contribution in [3.8, 4) is 5.75 Å². The Kier molecular flexibility index (Phi) is 6.92. The number of hydrogen-bond acceptors (Lipinski definition) is 6. The lowest BCUT2D eigenvalue weighted by Gasteiger charge is -2.27. The maximum absolute atomic E-state index is 13.1. The second kappa shape index (κ2) is 9.28. The fourth-order valence-electron chi connectivity index (χ4n) is 3.13. The predicted molar refractivity (Wildman–Crippen MR) is 102 cm³/mol. The van der Waals surface area contributed by atoms with E-state index >= 15 is 0 Å². The van der Waals surface area contributed by atoms with Gasteiger partial charge in [0.15, 0.2) is 0 Å². The van der Waals surface area contributed by atoms with Crippen LogP contribution < -0.4 is 4.74 Å². The van der Waals surface area contributed by atoms with Gasteiger partial charge in [-0.2, -0.15) is 17.5 Å². The zero-order valence-corrected chi connectivity index (χ0v) is 17.4. The number of rotatable bonds is 7. The molecule has 0 atom stereocenters. The highest BCUT2D eigenvalue weighted by Crippen LogP contribution is 2.28. The number of carbonyl (C=O) groups is 1. The Morgan fingerprint density at radius 3 is 2.52 bits per heavy atom. The summed E-state index contributed by atoms with van der Waals surface area (Å²) < 4.78 is 81.8. The van der Waals surface area contributed by atoms with E-state index in [0.29, 0.717) is 4.90 Å². The summed E-state index contributed by atoms with van der Waals surface area (Å²) in [5.74, 6) is -0.934. The lowest BCUT2D eigenvalue weighted by Crippen LogP contribution is -2.41. The van der Waals surface area contributed by atoms with Gasteiger partial charge in [0, 0.05) is 13.1 Å². The topological polar surface area (TPSA) is 89.3 Å². The molecule has 2 aromatic rings. The number of ether oxygens (including phenoxy) is 2. The molecule has 0 bridgehead atoms. The quantitative estimate of drug-likeness (QED) is 0.628. The Balaban J connectivity index is 1.97. The van der Waals surface area contributed by atoms with Gasteiger partial charge in [0.25, 0.3) is 5.91 Å². The average molecular weight is 462 g/mol. The molecule has 0 N–H and O–H groups in total. The van der Waals surface area contributed by atoms with Gasteiger partial charge >= 0.3 is 6.18 Å². The Labute approximate surface area is 177 Å². The summed E-state index contributed by atoms with van der Waals surface area (Å²) in [4.78, 5) is 13.4. The maximum atomic E-state index is 13.1. The van der Waals surface area contributed by atoms with Crippen molar-refractivity contribution in [1.29, 1.82) is 0 Å². The number of benzene rings is 1. The van der Waals surface area contributed by atoms with E-state index in [1.54, 1.807) is 0 Å². The molecule has 12 heteroatoms. The minimum atomic E-state index is -4.67. The Morgan fingerprint density at radius 2 is 1.94 bits per heavy atom. The smallest absolute Gasteiger partial charge is 0.406 e. The van der Waals surface area contributed by atoms with Crippen LogP contribution in [0.4, 0.5) is 13.2 Å². The standard InChI is InChI=1S/C19H21F3N2O6S/c1-28-17-5-4-15(31(26,27)24-6-9-29-10-7-24)11-16(17)18(25)23(13-19(20,21)22)12-14-3-2-8-30-14/h2-5,8,11H,6-7,9-10,12-13H2,1H3. The molecule has 1 saturated heterocycles. The normalized spacial score (nSPS) is 15.6. The molecule has 1 fully saturated rings. The number of morpholine rings is 1. The SMILES string of the molecule is COc1ccc(S(=O)(=O)N2CCOCC2)cc1C(=O)N(Cc1ccco1)CC(F)(F)F. The molecule has 1 amide bonds. The molecule has 1 aromatic heterocycles. The van der Waals surface area contributed by atoms with E-state index in [4.69, 9.17) is 13.9 Å². The molecule has 0 radical (unpaired) electrons. The number of furan rings is 1. The highest BCUT2D eigenvalue weighted by molar-refractivity contribution is 7.89. The summed E-state index contributed by atoms with van der Waals surface area (Å²) in [6, 6.07) is 6.46. The Hall–Kier alpha value is -2.57. The van der Waals surface area contributed by atoms with Crippen LogP contribution in [0.25, 0.3) is 0 Å². The number of hydrogen-bond donors (Lipinski definition) is 0. The monoisotopic (exact) mass is 462 g/mol. The van der Waals surface area contributed by atoms with Crippen LogP contribution in [0.15, 0.2) is 45.9 Å². The van der Waals surface area contributed by atoms with Crippen LogP contribution in [0.1, 0.15) is 16.1 Å². The molecule has 170 valence electrons. The van der Waals surface area contributed by atoms with Crippen molar-refractivity contribution in [3.05, 3.63) is 47.9 Å². The molecule has 1 aliphatic rings. The molecular formula is C19H21F3N2O6S. The van der Waals surface area contributed by atoms with E-state index in [1.807, 2.05) is 0 Å². The van der Waals surface area contributed by atoms with Crippen LogP contribution in [0, 0.1) is 0 Å². The molecule has 0 saturated carbocycles. The molecule has 3 rings (SSSR count). The van der Waals surface area contributed by atoms with Gasteiger partial charge in [-0.3, -0.25) is 4.79 Å². The number of alkyl halides is 3. The van der Waals surface area contributed by atoms with Crippen molar-refractivity contribution >= 4 is 15.9 Å². The molecule has 2 heterocycles. The highest BCUT2D eigenvalue weighted by atomic mass is 32.2. The maximum Gasteiger partial charge on any atom is 0.406 e. The first-order valence-electron chi connectivity index (χ1n) is 9.26. The molecule has 0 unspecified atom stereocenters. The number of halogens is 3. The third-order valence-electron chi connectivity index (χ3n) is 4.59. The second-order valence-corrected chi connectivity index (χ2v) is 8.67. The first-order valence-corrected chi connectivity index (χ1v) is 10.7. The summed E-state index contributed by atoms with van der Waals surface area (Å²) >= 11 is 0. The van der Waals surface area contributed by atoms with Gasteiger partial charge in [0.2, 0.25) is 10.0 Å². The molecular weight excluding hydrogens is 441 g/mol. The summed E-state index contributed by atoms with van der Waals surface area (Å²) in [7, 11) is -2.73. The van der Waals surface area contributed by atoms with Gasteiger partial charge in [0.05, 0.1) is 43.6 Å². The molecule has 8 nitrogen and oxygen atoms in total. The van der Waals surface area contributed by atoms with Crippen molar-refractivity contribution in [3.63, 3.8) is 0 Å². The Morgan fingerprint density at radius 1 is 1.23 bits per heavy atom. The zero-order chi connectivity index (χ0) is 22.6. The fourth-order valence-corrected chi connectivity index (χ4v) is 4.56. The minimum Gasteiger partial charge on any atom is -0.496 e. The van der Waals surface area contributed by atoms with Gasteiger partial charge < -0.3 is 18.8 Å². The van der Waals surface area contributed by atoms with Gasteiger partial charge in [-0.1, -0.05) is 0 Å². The average Bonchev–Trinajstić information content (AvgIpc) is 3.25. The van der Waals surface area contributed by atoms with Gasteiger partial charge in [-0.25, -0.2) is 8.42 Å². The number of nitrogens with zero attached hydrogens (tertiary/aromatic N) is 2. The number of amides is 1. The fraction of sp³-hybridized carbons (Fsp3) is 0.421. The third-order valence-corrected chi connectivity index (χ3v) is 6.49. The second-order valence-electron chi connectivity index (χ2n) is 6.73. The molecule has 0 aliphatic carbocycles. The summed E-state index contributed by atoms with van der Waals surface area (Å²) in [5.41, 5.74) is -0.298. The summed E-state index contributed by atoms with van der Waals surface area (Å²) in [6.45, 7) is -1.27. The van der Waals surface area contributed by atoms with Crippen molar-refractivity contribution < 1.29 is 40.3 Å². The number of sulfonamides is 1. The lowest BCUT2D eigenvalue weighted by molar-refractivity contribution is -0.142.